The lowest BCUT2D eigenvalue weighted by Crippen LogP contribution is -2.35. The van der Waals surface area contributed by atoms with Gasteiger partial charge in [-0.1, -0.05) is 0 Å². The number of hydrogen-bond acceptors (Lipinski definition) is 7. The van der Waals surface area contributed by atoms with E-state index >= 15 is 0 Å². The number of ether oxygens (including phenoxy) is 3. The van der Waals surface area contributed by atoms with Crippen LogP contribution in [0.3, 0.4) is 0 Å². The molecule has 0 radical (unpaired) electrons. The fourth-order valence-corrected chi connectivity index (χ4v) is 2.35. The van der Waals surface area contributed by atoms with Crippen LogP contribution in [0.1, 0.15) is 5.56 Å². The maximum absolute atomic E-state index is 11.7. The summed E-state index contributed by atoms with van der Waals surface area (Å²) in [5.74, 6) is -1.21. The van der Waals surface area contributed by atoms with Gasteiger partial charge in [0.25, 0.3) is 5.91 Å². The molecule has 9 heteroatoms. The van der Waals surface area contributed by atoms with Crippen molar-refractivity contribution in [2.75, 3.05) is 26.9 Å². The minimum Gasteiger partial charge on any atom is -0.503 e. The molecule has 1 heterocycles. The summed E-state index contributed by atoms with van der Waals surface area (Å²) in [5.41, 5.74) is 0.572. The lowest BCUT2D eigenvalue weighted by atomic mass is 10.2. The molecular weight excluding hydrogens is 386 g/mol. The van der Waals surface area contributed by atoms with E-state index in [1.807, 2.05) is 0 Å². The Balaban J connectivity index is 1.92. The molecule has 0 spiro atoms. The average molecular weight is 400 g/mol. The highest BCUT2D eigenvalue weighted by atomic mass is 79.9. The van der Waals surface area contributed by atoms with Gasteiger partial charge >= 0.3 is 12.1 Å². The number of benzene rings is 1. The predicted octanol–water partition coefficient (Wildman–Crippen LogP) is 1.70. The number of rotatable bonds is 5. The van der Waals surface area contributed by atoms with Crippen LogP contribution in [0.15, 0.2) is 22.7 Å². The number of amides is 2. The Bertz CT molecular complexity index is 701. The first-order valence-electron chi connectivity index (χ1n) is 6.81. The molecule has 0 saturated carbocycles. The van der Waals surface area contributed by atoms with Crippen molar-refractivity contribution >= 4 is 40.0 Å². The van der Waals surface area contributed by atoms with Crippen molar-refractivity contribution in [3.8, 4) is 11.5 Å². The molecule has 24 heavy (non-hydrogen) atoms. The number of nitrogens with zero attached hydrogens (tertiary/aromatic N) is 1. The van der Waals surface area contributed by atoms with E-state index in [1.54, 1.807) is 6.07 Å². The number of imide groups is 1. The van der Waals surface area contributed by atoms with Crippen molar-refractivity contribution in [3.63, 3.8) is 0 Å². The van der Waals surface area contributed by atoms with Gasteiger partial charge in [-0.25, -0.2) is 14.5 Å². The number of halogens is 1. The molecule has 0 unspecified atom stereocenters. The van der Waals surface area contributed by atoms with Crippen molar-refractivity contribution < 1.29 is 33.7 Å². The summed E-state index contributed by atoms with van der Waals surface area (Å²) >= 11 is 3.16. The van der Waals surface area contributed by atoms with Gasteiger partial charge in [-0.05, 0) is 39.7 Å². The SMILES string of the molecule is COc1cc(/C=C/C(=O)OCC(=O)N2CCOC2=O)cc(Br)c1O. The quantitative estimate of drug-likeness (QED) is 0.593. The van der Waals surface area contributed by atoms with Crippen LogP contribution in [0.4, 0.5) is 4.79 Å². The molecule has 1 aromatic rings. The highest BCUT2D eigenvalue weighted by molar-refractivity contribution is 9.10. The fraction of sp³-hybridized carbons (Fsp3) is 0.267. The van der Waals surface area contributed by atoms with Crippen molar-refractivity contribution in [2.24, 2.45) is 0 Å². The molecule has 1 N–H and O–H groups in total. The lowest BCUT2D eigenvalue weighted by Gasteiger charge is -2.09. The molecule has 8 nitrogen and oxygen atoms in total. The van der Waals surface area contributed by atoms with E-state index in [-0.39, 0.29) is 24.7 Å². The summed E-state index contributed by atoms with van der Waals surface area (Å²) in [6.45, 7) is -0.275. The Morgan fingerprint density at radius 1 is 1.46 bits per heavy atom. The van der Waals surface area contributed by atoms with E-state index in [0.29, 0.717) is 10.0 Å². The summed E-state index contributed by atoms with van der Waals surface area (Å²) in [5, 5.41) is 9.70. The van der Waals surface area contributed by atoms with Crippen LogP contribution in [0.25, 0.3) is 6.08 Å². The van der Waals surface area contributed by atoms with Gasteiger partial charge in [0.05, 0.1) is 18.1 Å². The minimum absolute atomic E-state index is 0.0553. The molecule has 0 aliphatic carbocycles. The van der Waals surface area contributed by atoms with E-state index in [4.69, 9.17) is 9.47 Å². The number of phenols is 1. The third-order valence-electron chi connectivity index (χ3n) is 3.08. The zero-order valence-corrected chi connectivity index (χ0v) is 14.2. The van der Waals surface area contributed by atoms with Gasteiger partial charge in [-0.15, -0.1) is 0 Å². The second kappa shape index (κ2) is 7.82. The lowest BCUT2D eigenvalue weighted by molar-refractivity contribution is -0.146. The molecule has 1 aliphatic rings. The Hall–Kier alpha value is -2.55. The third-order valence-corrected chi connectivity index (χ3v) is 3.69. The Labute approximate surface area is 145 Å². The van der Waals surface area contributed by atoms with Crippen LogP contribution in [-0.2, 0) is 19.1 Å². The van der Waals surface area contributed by atoms with Gasteiger partial charge < -0.3 is 19.3 Å². The van der Waals surface area contributed by atoms with E-state index < -0.39 is 24.6 Å². The highest BCUT2D eigenvalue weighted by Gasteiger charge is 2.28. The summed E-state index contributed by atoms with van der Waals surface area (Å²) in [6, 6.07) is 3.10. The molecule has 0 aromatic heterocycles. The van der Waals surface area contributed by atoms with Crippen LogP contribution in [-0.4, -0.2) is 54.8 Å². The van der Waals surface area contributed by atoms with E-state index in [9.17, 15) is 19.5 Å². The van der Waals surface area contributed by atoms with Crippen molar-refractivity contribution in [1.82, 2.24) is 4.90 Å². The van der Waals surface area contributed by atoms with Crippen molar-refractivity contribution in [3.05, 3.63) is 28.2 Å². The van der Waals surface area contributed by atoms with Crippen molar-refractivity contribution in [1.29, 1.82) is 0 Å². The van der Waals surface area contributed by atoms with Gasteiger partial charge in [0.1, 0.15) is 6.61 Å². The smallest absolute Gasteiger partial charge is 0.416 e. The number of esters is 1. The maximum Gasteiger partial charge on any atom is 0.416 e. The van der Waals surface area contributed by atoms with E-state index in [2.05, 4.69) is 20.7 Å². The second-order valence-corrected chi connectivity index (χ2v) is 5.51. The van der Waals surface area contributed by atoms with Crippen LogP contribution < -0.4 is 4.74 Å². The molecule has 1 saturated heterocycles. The zero-order valence-electron chi connectivity index (χ0n) is 12.7. The van der Waals surface area contributed by atoms with Gasteiger partial charge in [-0.3, -0.25) is 4.79 Å². The number of aromatic hydroxyl groups is 1. The van der Waals surface area contributed by atoms with Crippen molar-refractivity contribution in [2.45, 2.75) is 0 Å². The summed E-state index contributed by atoms with van der Waals surface area (Å²) < 4.78 is 14.8. The molecule has 1 aliphatic heterocycles. The normalized spacial score (nSPS) is 13.9. The standard InChI is InChI=1S/C15H14BrNO7/c1-22-11-7-9(6-10(16)14(11)20)2-3-13(19)24-8-12(18)17-4-5-23-15(17)21/h2-3,6-7,20H,4-5,8H2,1H3/b3-2+. The number of phenolic OH excluding ortho intramolecular Hbond substituents is 1. The van der Waals surface area contributed by atoms with Crippen LogP contribution in [0.2, 0.25) is 0 Å². The number of methoxy groups -OCH3 is 1. The fourth-order valence-electron chi connectivity index (χ4n) is 1.89. The molecule has 0 atom stereocenters. The number of cyclic esters (lactones) is 1. The molecular formula is C15H14BrNO7. The Kier molecular flexibility index (Phi) is 5.80. The molecule has 0 bridgehead atoms. The monoisotopic (exact) mass is 399 g/mol. The highest BCUT2D eigenvalue weighted by Crippen LogP contribution is 2.35. The zero-order chi connectivity index (χ0) is 17.7. The Morgan fingerprint density at radius 3 is 2.83 bits per heavy atom. The maximum atomic E-state index is 11.7. The number of carbonyl (C=O) groups excluding carboxylic acids is 3. The largest absolute Gasteiger partial charge is 0.503 e. The summed E-state index contributed by atoms with van der Waals surface area (Å²) in [4.78, 5) is 35.4. The molecule has 2 amide bonds. The van der Waals surface area contributed by atoms with Gasteiger partial charge in [0.15, 0.2) is 18.1 Å². The van der Waals surface area contributed by atoms with Crippen LogP contribution in [0, 0.1) is 0 Å². The second-order valence-electron chi connectivity index (χ2n) is 4.65. The minimum atomic E-state index is -0.751. The molecule has 2 rings (SSSR count). The van der Waals surface area contributed by atoms with Crippen LogP contribution in [0.5, 0.6) is 11.5 Å². The third kappa shape index (κ3) is 4.25. The first kappa shape index (κ1) is 17.8. The first-order valence-corrected chi connectivity index (χ1v) is 7.60. The van der Waals surface area contributed by atoms with Gasteiger partial charge in [0.2, 0.25) is 0 Å². The first-order chi connectivity index (χ1) is 11.4. The van der Waals surface area contributed by atoms with E-state index in [0.717, 1.165) is 11.0 Å². The summed E-state index contributed by atoms with van der Waals surface area (Å²) in [6.07, 6.45) is 1.81. The predicted molar refractivity (Wildman–Crippen MR) is 85.4 cm³/mol. The van der Waals surface area contributed by atoms with Crippen LogP contribution >= 0.6 is 15.9 Å². The number of hydrogen-bond donors (Lipinski definition) is 1. The van der Waals surface area contributed by atoms with Gasteiger partial charge in [-0.2, -0.15) is 0 Å². The van der Waals surface area contributed by atoms with E-state index in [1.165, 1.54) is 19.3 Å². The molecule has 1 aromatic carbocycles. The molecule has 1 fully saturated rings. The summed E-state index contributed by atoms with van der Waals surface area (Å²) in [7, 11) is 1.40. The van der Waals surface area contributed by atoms with Gasteiger partial charge in [0, 0.05) is 6.08 Å². The topological polar surface area (TPSA) is 102 Å². The molecule has 128 valence electrons. The number of carbonyl (C=O) groups is 3. The Morgan fingerprint density at radius 2 is 2.21 bits per heavy atom. The average Bonchev–Trinajstić information content (AvgIpc) is 2.99.